The maximum Gasteiger partial charge on any atom is 0.339 e. The number of aliphatic hydroxyl groups excluding tert-OH is 1. The van der Waals surface area contributed by atoms with Gasteiger partial charge in [0.25, 0.3) is 0 Å². The lowest BCUT2D eigenvalue weighted by Crippen LogP contribution is -2.16. The number of rotatable bonds is 3. The largest absolute Gasteiger partial charge is 0.464 e. The number of hydrogen-bond donors (Lipinski definition) is 1. The lowest BCUT2D eigenvalue weighted by Gasteiger charge is -2.13. The lowest BCUT2D eigenvalue weighted by atomic mass is 10.1. The molecule has 1 heterocycles. The highest BCUT2D eigenvalue weighted by Gasteiger charge is 2.29. The van der Waals surface area contributed by atoms with Gasteiger partial charge < -0.3 is 19.3 Å². The molecule has 0 amide bonds. The van der Waals surface area contributed by atoms with Crippen LogP contribution in [0.1, 0.15) is 18.6 Å². The fourth-order valence-electron chi connectivity index (χ4n) is 1.56. The quantitative estimate of drug-likeness (QED) is 0.862. The van der Waals surface area contributed by atoms with Gasteiger partial charge in [-0.25, -0.2) is 4.79 Å². The molecule has 0 aliphatic carbocycles. The molecule has 1 aliphatic rings. The molecule has 0 fully saturated rings. The van der Waals surface area contributed by atoms with E-state index in [9.17, 15) is 9.90 Å². The van der Waals surface area contributed by atoms with Crippen molar-refractivity contribution in [2.45, 2.75) is 13.0 Å². The summed E-state index contributed by atoms with van der Waals surface area (Å²) in [5, 5.41) is 9.93. The van der Waals surface area contributed by atoms with Gasteiger partial charge in [-0.2, -0.15) is 0 Å². The van der Waals surface area contributed by atoms with E-state index in [0.717, 1.165) is 0 Å². The average molecular weight is 303 g/mol. The second-order valence-corrected chi connectivity index (χ2v) is 4.20. The van der Waals surface area contributed by atoms with Crippen LogP contribution < -0.4 is 9.47 Å². The molecule has 1 unspecified atom stereocenters. The molecule has 0 spiro atoms. The molecule has 0 saturated carbocycles. The Hall–Kier alpha value is -1.27. The van der Waals surface area contributed by atoms with Gasteiger partial charge in [-0.1, -0.05) is 15.9 Å². The highest BCUT2D eigenvalue weighted by atomic mass is 79.9. The third kappa shape index (κ3) is 2.23. The van der Waals surface area contributed by atoms with Gasteiger partial charge in [0.1, 0.15) is 0 Å². The van der Waals surface area contributed by atoms with Gasteiger partial charge in [0.05, 0.1) is 12.2 Å². The summed E-state index contributed by atoms with van der Waals surface area (Å²) in [6.45, 7) is 1.96. The van der Waals surface area contributed by atoms with Crippen LogP contribution in [0.5, 0.6) is 11.5 Å². The van der Waals surface area contributed by atoms with Crippen LogP contribution in [0.4, 0.5) is 0 Å². The lowest BCUT2D eigenvalue weighted by molar-refractivity contribution is -0.153. The summed E-state index contributed by atoms with van der Waals surface area (Å²) in [5.41, 5.74) is 0.332. The van der Waals surface area contributed by atoms with Crippen LogP contribution in [0.3, 0.4) is 0 Å². The van der Waals surface area contributed by atoms with Crippen molar-refractivity contribution < 1.29 is 24.1 Å². The van der Waals surface area contributed by atoms with Gasteiger partial charge in [-0.3, -0.25) is 0 Å². The van der Waals surface area contributed by atoms with Crippen LogP contribution in [0.25, 0.3) is 0 Å². The first kappa shape index (κ1) is 12.2. The average Bonchev–Trinajstić information content (AvgIpc) is 2.76. The normalized spacial score (nSPS) is 14.5. The van der Waals surface area contributed by atoms with E-state index < -0.39 is 12.1 Å². The van der Waals surface area contributed by atoms with E-state index >= 15 is 0 Å². The van der Waals surface area contributed by atoms with Crippen LogP contribution in [0.2, 0.25) is 0 Å². The molecule has 1 aromatic rings. The Kier molecular flexibility index (Phi) is 3.54. The van der Waals surface area contributed by atoms with Crippen molar-refractivity contribution in [2.75, 3.05) is 13.4 Å². The molecular formula is C11H11BrO5. The van der Waals surface area contributed by atoms with Gasteiger partial charge in [-0.05, 0) is 19.1 Å². The standard InChI is InChI=1S/C11H11BrO5/c1-2-15-11(14)9(13)8-6(12)3-4-7-10(8)17-5-16-7/h3-4,9,13H,2,5H2,1H3. The highest BCUT2D eigenvalue weighted by molar-refractivity contribution is 9.10. The van der Waals surface area contributed by atoms with Crippen molar-refractivity contribution in [3.05, 3.63) is 22.2 Å². The molecule has 17 heavy (non-hydrogen) atoms. The molecule has 0 bridgehead atoms. The topological polar surface area (TPSA) is 65.0 Å². The van der Waals surface area contributed by atoms with Crippen LogP contribution in [-0.4, -0.2) is 24.5 Å². The van der Waals surface area contributed by atoms with Gasteiger partial charge in [0.15, 0.2) is 17.6 Å². The minimum absolute atomic E-state index is 0.0777. The molecule has 92 valence electrons. The number of carbonyl (C=O) groups is 1. The van der Waals surface area contributed by atoms with E-state index in [4.69, 9.17) is 14.2 Å². The third-order valence-electron chi connectivity index (χ3n) is 2.31. The molecular weight excluding hydrogens is 292 g/mol. The van der Waals surface area contributed by atoms with Crippen LogP contribution in [0.15, 0.2) is 16.6 Å². The number of hydrogen-bond acceptors (Lipinski definition) is 5. The zero-order valence-electron chi connectivity index (χ0n) is 9.10. The zero-order chi connectivity index (χ0) is 12.4. The van der Waals surface area contributed by atoms with Crippen LogP contribution in [0, 0.1) is 0 Å². The van der Waals surface area contributed by atoms with E-state index in [1.54, 1.807) is 19.1 Å². The first-order valence-electron chi connectivity index (χ1n) is 5.07. The Bertz CT molecular complexity index is 446. The minimum atomic E-state index is -1.39. The first-order chi connectivity index (χ1) is 8.15. The van der Waals surface area contributed by atoms with Crippen molar-refractivity contribution >= 4 is 21.9 Å². The molecule has 1 atom stereocenters. The van der Waals surface area contributed by atoms with E-state index in [1.807, 2.05) is 0 Å². The maximum absolute atomic E-state index is 11.5. The number of benzene rings is 1. The Morgan fingerprint density at radius 1 is 1.59 bits per heavy atom. The number of aliphatic hydroxyl groups is 1. The minimum Gasteiger partial charge on any atom is -0.464 e. The van der Waals surface area contributed by atoms with Crippen molar-refractivity contribution in [1.82, 2.24) is 0 Å². The molecule has 0 saturated heterocycles. The highest BCUT2D eigenvalue weighted by Crippen LogP contribution is 2.42. The fourth-order valence-corrected chi connectivity index (χ4v) is 2.09. The van der Waals surface area contributed by atoms with Crippen LogP contribution >= 0.6 is 15.9 Å². The Labute approximate surface area is 106 Å². The second kappa shape index (κ2) is 4.93. The predicted molar refractivity (Wildman–Crippen MR) is 61.9 cm³/mol. The number of halogens is 1. The first-order valence-corrected chi connectivity index (χ1v) is 5.87. The van der Waals surface area contributed by atoms with Gasteiger partial charge in [-0.15, -0.1) is 0 Å². The van der Waals surface area contributed by atoms with Gasteiger partial charge >= 0.3 is 5.97 Å². The van der Waals surface area contributed by atoms with Crippen molar-refractivity contribution in [3.63, 3.8) is 0 Å². The molecule has 5 nitrogen and oxygen atoms in total. The summed E-state index contributed by atoms with van der Waals surface area (Å²) in [5.74, 6) is 0.170. The Morgan fingerprint density at radius 3 is 3.06 bits per heavy atom. The van der Waals surface area contributed by atoms with Crippen molar-refractivity contribution in [3.8, 4) is 11.5 Å². The number of ether oxygens (including phenoxy) is 3. The summed E-state index contributed by atoms with van der Waals surface area (Å²) in [7, 11) is 0. The van der Waals surface area contributed by atoms with Crippen molar-refractivity contribution in [2.24, 2.45) is 0 Å². The van der Waals surface area contributed by atoms with Crippen molar-refractivity contribution in [1.29, 1.82) is 0 Å². The molecule has 6 heteroatoms. The summed E-state index contributed by atoms with van der Waals surface area (Å²) in [6.07, 6.45) is -1.39. The predicted octanol–water partition coefficient (Wildman–Crippen LogP) is 1.77. The summed E-state index contributed by atoms with van der Waals surface area (Å²) in [4.78, 5) is 11.5. The summed E-state index contributed by atoms with van der Waals surface area (Å²) >= 11 is 3.27. The molecule has 1 N–H and O–H groups in total. The molecule has 2 rings (SSSR count). The molecule has 0 aromatic heterocycles. The molecule has 1 aliphatic heterocycles. The van der Waals surface area contributed by atoms with E-state index in [1.165, 1.54) is 0 Å². The fraction of sp³-hybridized carbons (Fsp3) is 0.364. The third-order valence-corrected chi connectivity index (χ3v) is 3.00. The van der Waals surface area contributed by atoms with Crippen LogP contribution in [-0.2, 0) is 9.53 Å². The Balaban J connectivity index is 2.38. The van der Waals surface area contributed by atoms with E-state index in [-0.39, 0.29) is 13.4 Å². The smallest absolute Gasteiger partial charge is 0.339 e. The SMILES string of the molecule is CCOC(=O)C(O)c1c(Br)ccc2c1OCO2. The molecule has 1 aromatic carbocycles. The number of carbonyl (C=O) groups excluding carboxylic acids is 1. The monoisotopic (exact) mass is 302 g/mol. The van der Waals surface area contributed by atoms with E-state index in [0.29, 0.717) is 21.5 Å². The van der Waals surface area contributed by atoms with E-state index in [2.05, 4.69) is 15.9 Å². The van der Waals surface area contributed by atoms with Gasteiger partial charge in [0.2, 0.25) is 6.79 Å². The Morgan fingerprint density at radius 2 is 2.35 bits per heavy atom. The van der Waals surface area contributed by atoms with Gasteiger partial charge in [0, 0.05) is 4.47 Å². The summed E-state index contributed by atoms with van der Waals surface area (Å²) < 4.78 is 15.8. The maximum atomic E-state index is 11.5. The second-order valence-electron chi connectivity index (χ2n) is 3.35. The zero-order valence-corrected chi connectivity index (χ0v) is 10.7. The summed E-state index contributed by atoms with van der Waals surface area (Å²) in [6, 6.07) is 3.39. The molecule has 0 radical (unpaired) electrons. The number of fused-ring (bicyclic) bond motifs is 1. The number of esters is 1.